The van der Waals surface area contributed by atoms with E-state index in [2.05, 4.69) is 0 Å². The van der Waals surface area contributed by atoms with Crippen LogP contribution >= 0.6 is 19.9 Å². The number of nitrogens with zero attached hydrogens (tertiary/aromatic N) is 1. The molecule has 0 rings (SSSR count). The lowest BCUT2D eigenvalue weighted by molar-refractivity contribution is 0.266. The molecule has 0 aromatic carbocycles. The molecule has 76 valence electrons. The van der Waals surface area contributed by atoms with E-state index in [0.717, 1.165) is 0 Å². The Bertz CT molecular complexity index is 159. The van der Waals surface area contributed by atoms with Crippen molar-refractivity contribution < 1.29 is 9.46 Å². The molecule has 0 radical (unpaired) electrons. The first kappa shape index (κ1) is 14.9. The van der Waals surface area contributed by atoms with Crippen LogP contribution in [0.25, 0.3) is 0 Å². The predicted octanol–water partition coefficient (Wildman–Crippen LogP) is 2.34. The fourth-order valence-corrected chi connectivity index (χ4v) is 3.17. The smallest absolute Gasteiger partial charge is 0.267 e. The molecule has 1 atom stereocenters. The fourth-order valence-electron chi connectivity index (χ4n) is 1.45. The Balaban J connectivity index is 0. The molecular weight excluding hydrogens is 197 g/mol. The van der Waals surface area contributed by atoms with Crippen LogP contribution in [-0.4, -0.2) is 28.3 Å². The van der Waals surface area contributed by atoms with Crippen LogP contribution in [-0.2, 0) is 4.57 Å². The summed E-state index contributed by atoms with van der Waals surface area (Å²) in [5.74, 6) is 0. The van der Waals surface area contributed by atoms with Crippen LogP contribution in [0.1, 0.15) is 27.7 Å². The van der Waals surface area contributed by atoms with Crippen molar-refractivity contribution >= 4 is 19.9 Å². The van der Waals surface area contributed by atoms with Crippen LogP contribution in [0.3, 0.4) is 0 Å². The molecule has 0 aromatic rings. The molecule has 0 saturated heterocycles. The average molecular weight is 216 g/mol. The van der Waals surface area contributed by atoms with Crippen molar-refractivity contribution in [2.24, 2.45) is 0 Å². The summed E-state index contributed by atoms with van der Waals surface area (Å²) >= 11 is 0. The minimum Gasteiger partial charge on any atom is -0.333 e. The van der Waals surface area contributed by atoms with Gasteiger partial charge in [-0.15, -0.1) is 12.4 Å². The van der Waals surface area contributed by atoms with E-state index in [9.17, 15) is 9.46 Å². The van der Waals surface area contributed by atoms with Crippen LogP contribution in [0.4, 0.5) is 0 Å². The Hall–Kier alpha value is 0.440. The zero-order valence-electron chi connectivity index (χ0n) is 8.31. The highest BCUT2D eigenvalue weighted by atomic mass is 35.5. The molecule has 0 fully saturated rings. The molecule has 0 aliphatic carbocycles. The maximum absolute atomic E-state index is 11.3. The van der Waals surface area contributed by atoms with E-state index in [1.54, 1.807) is 4.67 Å². The Kier molecular flexibility index (Phi) is 6.51. The molecular formula is C7H19ClNO2P. The van der Waals surface area contributed by atoms with Crippen molar-refractivity contribution in [3.8, 4) is 0 Å². The summed E-state index contributed by atoms with van der Waals surface area (Å²) in [6.07, 6.45) is 0. The average Bonchev–Trinajstić information content (AvgIpc) is 1.54. The quantitative estimate of drug-likeness (QED) is 0.735. The Morgan fingerprint density at radius 2 is 1.42 bits per heavy atom. The molecule has 0 heterocycles. The topological polar surface area (TPSA) is 40.5 Å². The summed E-state index contributed by atoms with van der Waals surface area (Å²) in [5.41, 5.74) is 0. The molecule has 0 aromatic heterocycles. The van der Waals surface area contributed by atoms with Crippen molar-refractivity contribution in [2.45, 2.75) is 39.8 Å². The van der Waals surface area contributed by atoms with E-state index in [-0.39, 0.29) is 24.5 Å². The number of hydrogen-bond donors (Lipinski definition) is 1. The maximum atomic E-state index is 11.3. The van der Waals surface area contributed by atoms with Gasteiger partial charge in [0.2, 0.25) is 0 Å². The van der Waals surface area contributed by atoms with Crippen LogP contribution < -0.4 is 0 Å². The summed E-state index contributed by atoms with van der Waals surface area (Å²) < 4.78 is 12.9. The molecule has 1 N–H and O–H groups in total. The summed E-state index contributed by atoms with van der Waals surface area (Å²) in [6.45, 7) is 9.07. The Morgan fingerprint density at radius 3 is 1.42 bits per heavy atom. The zero-order chi connectivity index (χ0) is 9.23. The van der Waals surface area contributed by atoms with E-state index in [1.165, 1.54) is 6.66 Å². The highest BCUT2D eigenvalue weighted by Gasteiger charge is 2.27. The lowest BCUT2D eigenvalue weighted by Gasteiger charge is -2.32. The lowest BCUT2D eigenvalue weighted by Crippen LogP contribution is -2.33. The first-order valence-electron chi connectivity index (χ1n) is 3.86. The third-order valence-corrected chi connectivity index (χ3v) is 3.27. The van der Waals surface area contributed by atoms with Crippen LogP contribution in [0.2, 0.25) is 0 Å². The first-order valence-corrected chi connectivity index (χ1v) is 5.92. The molecule has 0 spiro atoms. The maximum Gasteiger partial charge on any atom is 0.267 e. The van der Waals surface area contributed by atoms with Gasteiger partial charge in [0.05, 0.1) is 0 Å². The molecule has 0 saturated carbocycles. The van der Waals surface area contributed by atoms with Gasteiger partial charge in [0.15, 0.2) is 0 Å². The molecule has 0 amide bonds. The lowest BCUT2D eigenvalue weighted by atomic mass is 10.3. The monoisotopic (exact) mass is 215 g/mol. The molecule has 3 nitrogen and oxygen atoms in total. The largest absolute Gasteiger partial charge is 0.333 e. The van der Waals surface area contributed by atoms with Gasteiger partial charge in [-0.25, -0.2) is 4.67 Å². The molecule has 0 aliphatic heterocycles. The van der Waals surface area contributed by atoms with E-state index >= 15 is 0 Å². The van der Waals surface area contributed by atoms with Gasteiger partial charge in [0.25, 0.3) is 7.52 Å². The van der Waals surface area contributed by atoms with E-state index in [1.807, 2.05) is 27.7 Å². The standard InChI is InChI=1S/C7H18NO2P.ClH/c1-6(2)8(7(3)4)11(5,9)10;/h6-7H,1-5H3,(H,9,10);1H. The second kappa shape index (κ2) is 5.23. The second-order valence-electron chi connectivity index (χ2n) is 3.40. The summed E-state index contributed by atoms with van der Waals surface area (Å²) in [6, 6.07) is 0.242. The molecule has 1 unspecified atom stereocenters. The number of hydrogen-bond acceptors (Lipinski definition) is 1. The highest BCUT2D eigenvalue weighted by Crippen LogP contribution is 2.43. The Morgan fingerprint density at radius 1 is 1.17 bits per heavy atom. The van der Waals surface area contributed by atoms with Gasteiger partial charge < -0.3 is 4.89 Å². The van der Waals surface area contributed by atoms with Crippen molar-refractivity contribution in [2.75, 3.05) is 6.66 Å². The minimum atomic E-state index is -3.05. The van der Waals surface area contributed by atoms with Crippen LogP contribution in [0.15, 0.2) is 0 Å². The zero-order valence-corrected chi connectivity index (χ0v) is 10.0. The van der Waals surface area contributed by atoms with E-state index < -0.39 is 7.52 Å². The van der Waals surface area contributed by atoms with Crippen molar-refractivity contribution in [1.82, 2.24) is 4.67 Å². The van der Waals surface area contributed by atoms with Gasteiger partial charge in [-0.2, -0.15) is 0 Å². The van der Waals surface area contributed by atoms with Crippen LogP contribution in [0, 0.1) is 0 Å². The van der Waals surface area contributed by atoms with Gasteiger partial charge in [-0.3, -0.25) is 4.57 Å². The van der Waals surface area contributed by atoms with Crippen molar-refractivity contribution in [1.29, 1.82) is 0 Å². The predicted molar refractivity (Wildman–Crippen MR) is 55.1 cm³/mol. The highest BCUT2D eigenvalue weighted by molar-refractivity contribution is 7.54. The molecule has 0 bridgehead atoms. The van der Waals surface area contributed by atoms with Gasteiger partial charge in [0, 0.05) is 18.7 Å². The number of halogens is 1. The van der Waals surface area contributed by atoms with Crippen molar-refractivity contribution in [3.63, 3.8) is 0 Å². The summed E-state index contributed by atoms with van der Waals surface area (Å²) in [7, 11) is -3.05. The molecule has 12 heavy (non-hydrogen) atoms. The fraction of sp³-hybridized carbons (Fsp3) is 1.00. The van der Waals surface area contributed by atoms with Gasteiger partial charge in [0.1, 0.15) is 0 Å². The molecule has 0 aliphatic rings. The van der Waals surface area contributed by atoms with Gasteiger partial charge >= 0.3 is 0 Å². The van der Waals surface area contributed by atoms with E-state index in [0.29, 0.717) is 0 Å². The van der Waals surface area contributed by atoms with Gasteiger partial charge in [-0.05, 0) is 27.7 Å². The van der Waals surface area contributed by atoms with E-state index in [4.69, 9.17) is 0 Å². The first-order chi connectivity index (χ1) is 4.76. The Labute approximate surface area is 81.1 Å². The molecule has 5 heteroatoms. The summed E-state index contributed by atoms with van der Waals surface area (Å²) in [5, 5.41) is 0. The number of rotatable bonds is 3. The SMILES string of the molecule is CC(C)N(C(C)C)P(C)(=O)O.Cl. The summed E-state index contributed by atoms with van der Waals surface area (Å²) in [4.78, 5) is 9.30. The minimum absolute atomic E-state index is 0. The third kappa shape index (κ3) is 4.46. The van der Waals surface area contributed by atoms with Gasteiger partial charge in [-0.1, -0.05) is 0 Å². The van der Waals surface area contributed by atoms with Crippen LogP contribution in [0.5, 0.6) is 0 Å². The third-order valence-electron chi connectivity index (χ3n) is 1.49. The normalized spacial score (nSPS) is 16.4. The second-order valence-corrected chi connectivity index (χ2v) is 5.54. The van der Waals surface area contributed by atoms with Crippen molar-refractivity contribution in [3.05, 3.63) is 0 Å².